The van der Waals surface area contributed by atoms with E-state index in [9.17, 15) is 8.42 Å². The molecule has 0 radical (unpaired) electrons. The van der Waals surface area contributed by atoms with Crippen LogP contribution in [0, 0.1) is 0 Å². The van der Waals surface area contributed by atoms with E-state index in [1.807, 2.05) is 20.8 Å². The monoisotopic (exact) mass is 231 g/mol. The Morgan fingerprint density at radius 3 is 2.20 bits per heavy atom. The second-order valence-corrected chi connectivity index (χ2v) is 6.68. The molecular formula is C9H17N3O2S. The van der Waals surface area contributed by atoms with Gasteiger partial charge in [-0.25, -0.2) is 8.96 Å². The lowest BCUT2D eigenvalue weighted by atomic mass is 9.93. The molecule has 0 saturated heterocycles. The van der Waals surface area contributed by atoms with Crippen LogP contribution in [0.2, 0.25) is 0 Å². The molecule has 1 aromatic rings. The molecule has 0 saturated carbocycles. The van der Waals surface area contributed by atoms with Crippen LogP contribution in [0.4, 0.5) is 0 Å². The molecule has 0 aliphatic heterocycles. The summed E-state index contributed by atoms with van der Waals surface area (Å²) in [5.41, 5.74) is 0.612. The predicted molar refractivity (Wildman–Crippen MR) is 58.9 cm³/mol. The third-order valence-electron chi connectivity index (χ3n) is 2.06. The molecule has 6 heteroatoms. The van der Waals surface area contributed by atoms with Crippen LogP contribution in [0.25, 0.3) is 0 Å². The van der Waals surface area contributed by atoms with Gasteiger partial charge in [-0.05, 0) is 0 Å². The second kappa shape index (κ2) is 3.61. The van der Waals surface area contributed by atoms with Gasteiger partial charge in [0.1, 0.15) is 6.33 Å². The van der Waals surface area contributed by atoms with Gasteiger partial charge in [0, 0.05) is 25.7 Å². The highest BCUT2D eigenvalue weighted by molar-refractivity contribution is 7.87. The third kappa shape index (κ3) is 2.38. The third-order valence-corrected chi connectivity index (χ3v) is 3.71. The fraction of sp³-hybridized carbons (Fsp3) is 0.667. The van der Waals surface area contributed by atoms with Crippen molar-refractivity contribution in [3.8, 4) is 0 Å². The molecule has 86 valence electrons. The van der Waals surface area contributed by atoms with Gasteiger partial charge in [-0.1, -0.05) is 20.8 Å². The molecule has 0 aliphatic carbocycles. The maximum atomic E-state index is 11.7. The molecule has 0 aromatic carbocycles. The summed E-state index contributed by atoms with van der Waals surface area (Å²) in [6.07, 6.45) is 2.88. The van der Waals surface area contributed by atoms with Crippen molar-refractivity contribution in [2.45, 2.75) is 26.2 Å². The van der Waals surface area contributed by atoms with E-state index >= 15 is 0 Å². The molecule has 5 nitrogen and oxygen atoms in total. The number of nitrogens with zero attached hydrogens (tertiary/aromatic N) is 3. The van der Waals surface area contributed by atoms with E-state index in [0.717, 1.165) is 14.0 Å². The van der Waals surface area contributed by atoms with Crippen LogP contribution in [-0.2, 0) is 15.6 Å². The molecule has 0 unspecified atom stereocenters. The summed E-state index contributed by atoms with van der Waals surface area (Å²) in [4.78, 5) is 4.09. The minimum atomic E-state index is -3.43. The first-order valence-electron chi connectivity index (χ1n) is 4.63. The van der Waals surface area contributed by atoms with E-state index in [-0.39, 0.29) is 5.41 Å². The van der Waals surface area contributed by atoms with Crippen LogP contribution in [0.5, 0.6) is 0 Å². The number of imidazole rings is 1. The van der Waals surface area contributed by atoms with Crippen molar-refractivity contribution in [2.75, 3.05) is 14.1 Å². The maximum Gasteiger partial charge on any atom is 0.308 e. The minimum Gasteiger partial charge on any atom is -0.240 e. The van der Waals surface area contributed by atoms with E-state index in [4.69, 9.17) is 0 Å². The number of hydrogen-bond acceptors (Lipinski definition) is 3. The van der Waals surface area contributed by atoms with Gasteiger partial charge in [0.25, 0.3) is 0 Å². The standard InChI is InChI=1S/C9H17N3O2S/c1-9(2,3)8-6-12(7-10-8)15(13,14)11(4)5/h6-7H,1-5H3. The average Bonchev–Trinajstić information content (AvgIpc) is 2.50. The zero-order valence-corrected chi connectivity index (χ0v) is 10.5. The molecule has 0 atom stereocenters. The Bertz CT molecular complexity index is 440. The molecule has 0 N–H and O–H groups in total. The van der Waals surface area contributed by atoms with Crippen molar-refractivity contribution in [3.63, 3.8) is 0 Å². The lowest BCUT2D eigenvalue weighted by Crippen LogP contribution is -2.27. The minimum absolute atomic E-state index is 0.146. The Labute approximate surface area is 90.9 Å². The SMILES string of the molecule is CN(C)S(=O)(=O)n1cnc(C(C)(C)C)c1. The highest BCUT2D eigenvalue weighted by Gasteiger charge is 2.21. The Hall–Kier alpha value is -0.880. The average molecular weight is 231 g/mol. The Morgan fingerprint density at radius 1 is 1.33 bits per heavy atom. The van der Waals surface area contributed by atoms with Crippen molar-refractivity contribution in [3.05, 3.63) is 18.2 Å². The Kier molecular flexibility index (Phi) is 2.93. The second-order valence-electron chi connectivity index (χ2n) is 4.63. The number of hydrogen-bond donors (Lipinski definition) is 0. The quantitative estimate of drug-likeness (QED) is 0.757. The summed E-state index contributed by atoms with van der Waals surface area (Å²) >= 11 is 0. The summed E-state index contributed by atoms with van der Waals surface area (Å²) in [6, 6.07) is 0. The van der Waals surface area contributed by atoms with Crippen LogP contribution in [0.1, 0.15) is 26.5 Å². The number of rotatable bonds is 2. The zero-order chi connectivity index (χ0) is 11.9. The van der Waals surface area contributed by atoms with Crippen molar-refractivity contribution < 1.29 is 8.42 Å². The lowest BCUT2D eigenvalue weighted by molar-refractivity contribution is 0.510. The van der Waals surface area contributed by atoms with Crippen LogP contribution in [0.15, 0.2) is 12.5 Å². The molecule has 0 aliphatic rings. The van der Waals surface area contributed by atoms with E-state index in [2.05, 4.69) is 4.98 Å². The first-order valence-corrected chi connectivity index (χ1v) is 6.03. The summed E-state index contributed by atoms with van der Waals surface area (Å²) in [6.45, 7) is 5.96. The highest BCUT2D eigenvalue weighted by Crippen LogP contribution is 2.20. The van der Waals surface area contributed by atoms with Crippen LogP contribution in [-0.4, -0.2) is 35.8 Å². The lowest BCUT2D eigenvalue weighted by Gasteiger charge is -2.14. The Balaban J connectivity index is 3.16. The maximum absolute atomic E-state index is 11.7. The van der Waals surface area contributed by atoms with Crippen molar-refractivity contribution in [1.29, 1.82) is 0 Å². The van der Waals surface area contributed by atoms with Gasteiger partial charge >= 0.3 is 10.2 Å². The van der Waals surface area contributed by atoms with Crippen molar-refractivity contribution in [1.82, 2.24) is 13.3 Å². The summed E-state index contributed by atoms with van der Waals surface area (Å²) in [7, 11) is -0.445. The highest BCUT2D eigenvalue weighted by atomic mass is 32.2. The normalized spacial score (nSPS) is 13.5. The van der Waals surface area contributed by atoms with Gasteiger partial charge in [-0.3, -0.25) is 0 Å². The van der Waals surface area contributed by atoms with Gasteiger partial charge in [0.2, 0.25) is 0 Å². The van der Waals surface area contributed by atoms with E-state index < -0.39 is 10.2 Å². The molecule has 0 bridgehead atoms. The zero-order valence-electron chi connectivity index (χ0n) is 9.72. The molecule has 1 heterocycles. The van der Waals surface area contributed by atoms with Crippen LogP contribution in [0.3, 0.4) is 0 Å². The Morgan fingerprint density at radius 2 is 1.87 bits per heavy atom. The van der Waals surface area contributed by atoms with Gasteiger partial charge in [0.05, 0.1) is 5.69 Å². The summed E-state index contributed by atoms with van der Waals surface area (Å²) in [5, 5.41) is 0. The smallest absolute Gasteiger partial charge is 0.240 e. The molecule has 15 heavy (non-hydrogen) atoms. The molecule has 1 aromatic heterocycles. The summed E-state index contributed by atoms with van der Waals surface area (Å²) in [5.74, 6) is 0. The summed E-state index contributed by atoms with van der Waals surface area (Å²) < 4.78 is 25.7. The van der Waals surface area contributed by atoms with Gasteiger partial charge < -0.3 is 0 Å². The number of aromatic nitrogens is 2. The first kappa shape index (κ1) is 12.2. The topological polar surface area (TPSA) is 55.2 Å². The van der Waals surface area contributed by atoms with E-state index in [1.165, 1.54) is 20.4 Å². The van der Waals surface area contributed by atoms with Crippen LogP contribution >= 0.6 is 0 Å². The molecule has 0 amide bonds. The largest absolute Gasteiger partial charge is 0.308 e. The van der Waals surface area contributed by atoms with Crippen molar-refractivity contribution >= 4 is 10.2 Å². The molecule has 0 fully saturated rings. The molecule has 0 spiro atoms. The molecule has 1 rings (SSSR count). The first-order chi connectivity index (χ1) is 6.65. The fourth-order valence-corrected chi connectivity index (χ4v) is 1.78. The van der Waals surface area contributed by atoms with E-state index in [1.54, 1.807) is 6.20 Å². The van der Waals surface area contributed by atoms with Gasteiger partial charge in [-0.2, -0.15) is 12.7 Å². The van der Waals surface area contributed by atoms with Crippen LogP contribution < -0.4 is 0 Å². The predicted octanol–water partition coefficient (Wildman–Crippen LogP) is 0.835. The molecular weight excluding hydrogens is 214 g/mol. The van der Waals surface area contributed by atoms with Crippen molar-refractivity contribution in [2.24, 2.45) is 0 Å². The van der Waals surface area contributed by atoms with Gasteiger partial charge in [0.15, 0.2) is 0 Å². The van der Waals surface area contributed by atoms with E-state index in [0.29, 0.717) is 0 Å². The fourth-order valence-electron chi connectivity index (χ4n) is 1.01. The van der Waals surface area contributed by atoms with Gasteiger partial charge in [-0.15, -0.1) is 0 Å².